The Morgan fingerprint density at radius 3 is 2.23 bits per heavy atom. The van der Waals surface area contributed by atoms with E-state index >= 15 is 0 Å². The van der Waals surface area contributed by atoms with Crippen LogP contribution in [0, 0.1) is 0 Å². The molecule has 2 N–H and O–H groups in total. The molecule has 2 rings (SSSR count). The van der Waals surface area contributed by atoms with Crippen LogP contribution < -0.4 is 15.5 Å². The molecule has 1 heterocycles. The predicted molar refractivity (Wildman–Crippen MR) is 106 cm³/mol. The second kappa shape index (κ2) is 9.72. The van der Waals surface area contributed by atoms with E-state index in [4.69, 9.17) is 0 Å². The molecule has 2 aromatic rings. The molecule has 0 spiro atoms. The predicted octanol–water partition coefficient (Wildman–Crippen LogP) is 2.36. The number of hydrogen-bond acceptors (Lipinski definition) is 6. The van der Waals surface area contributed by atoms with Gasteiger partial charge in [-0.25, -0.2) is 0 Å². The molecule has 0 atom stereocenters. The molecule has 0 aliphatic heterocycles. The van der Waals surface area contributed by atoms with Crippen LogP contribution >= 0.6 is 0 Å². The Bertz CT molecular complexity index is 680. The standard InChI is InChI=1S/C19H28N6O/c1-5-25(6-2)16-9-7-15(8-10-16)21-18-12-11-17(22-23-18)19(26)20-13-14-24(3)4/h7-12H,5-6,13-14H2,1-4H3,(H,20,26)(H,21,23). The number of rotatable bonds is 9. The Kier molecular flexibility index (Phi) is 7.35. The zero-order valence-electron chi connectivity index (χ0n) is 16.0. The molecule has 7 nitrogen and oxygen atoms in total. The van der Waals surface area contributed by atoms with E-state index < -0.39 is 0 Å². The third kappa shape index (κ3) is 5.70. The SMILES string of the molecule is CCN(CC)c1ccc(Nc2ccc(C(=O)NCCN(C)C)nn2)cc1. The second-order valence-corrected chi connectivity index (χ2v) is 6.21. The molecule has 7 heteroatoms. The Labute approximate surface area is 155 Å². The monoisotopic (exact) mass is 356 g/mol. The number of amides is 1. The summed E-state index contributed by atoms with van der Waals surface area (Å²) in [5, 5.41) is 14.1. The van der Waals surface area contributed by atoms with Crippen molar-refractivity contribution in [1.29, 1.82) is 0 Å². The van der Waals surface area contributed by atoms with Crippen molar-refractivity contribution in [3.63, 3.8) is 0 Å². The summed E-state index contributed by atoms with van der Waals surface area (Å²) in [5.74, 6) is 0.389. The number of carbonyl (C=O) groups is 1. The topological polar surface area (TPSA) is 73.4 Å². The number of anilines is 3. The largest absolute Gasteiger partial charge is 0.372 e. The van der Waals surface area contributed by atoms with Crippen molar-refractivity contribution in [1.82, 2.24) is 20.4 Å². The van der Waals surface area contributed by atoms with Gasteiger partial charge in [-0.15, -0.1) is 10.2 Å². The first kappa shape index (κ1) is 19.7. The maximum atomic E-state index is 12.0. The van der Waals surface area contributed by atoms with Crippen molar-refractivity contribution in [2.45, 2.75) is 13.8 Å². The highest BCUT2D eigenvalue weighted by molar-refractivity contribution is 5.92. The Balaban J connectivity index is 1.93. The Hall–Kier alpha value is -2.67. The summed E-state index contributed by atoms with van der Waals surface area (Å²) in [5.41, 5.74) is 2.43. The van der Waals surface area contributed by atoms with E-state index in [-0.39, 0.29) is 5.91 Å². The van der Waals surface area contributed by atoms with Gasteiger partial charge in [-0.2, -0.15) is 0 Å². The van der Waals surface area contributed by atoms with E-state index in [2.05, 4.69) is 51.7 Å². The van der Waals surface area contributed by atoms with Crippen LogP contribution in [0.5, 0.6) is 0 Å². The summed E-state index contributed by atoms with van der Waals surface area (Å²) in [6.45, 7) is 7.60. The van der Waals surface area contributed by atoms with Crippen molar-refractivity contribution in [3.8, 4) is 0 Å². The highest BCUT2D eigenvalue weighted by Crippen LogP contribution is 2.20. The van der Waals surface area contributed by atoms with Gasteiger partial charge in [0, 0.05) is 37.6 Å². The fourth-order valence-electron chi connectivity index (χ4n) is 2.50. The molecule has 0 aliphatic rings. The van der Waals surface area contributed by atoms with Crippen molar-refractivity contribution in [2.75, 3.05) is 50.5 Å². The van der Waals surface area contributed by atoms with Gasteiger partial charge in [0.15, 0.2) is 11.5 Å². The van der Waals surface area contributed by atoms with E-state index in [0.29, 0.717) is 18.1 Å². The molecule has 0 saturated heterocycles. The van der Waals surface area contributed by atoms with Crippen LogP contribution in [-0.2, 0) is 0 Å². The molecule has 0 unspecified atom stereocenters. The molecule has 26 heavy (non-hydrogen) atoms. The molecule has 1 amide bonds. The molecule has 1 aromatic carbocycles. The fourth-order valence-corrected chi connectivity index (χ4v) is 2.50. The van der Waals surface area contributed by atoms with Gasteiger partial charge in [0.2, 0.25) is 0 Å². The van der Waals surface area contributed by atoms with Gasteiger partial charge in [-0.05, 0) is 64.3 Å². The van der Waals surface area contributed by atoms with Gasteiger partial charge >= 0.3 is 0 Å². The van der Waals surface area contributed by atoms with Gasteiger partial charge < -0.3 is 20.4 Å². The highest BCUT2D eigenvalue weighted by Gasteiger charge is 2.08. The molecule has 0 bridgehead atoms. The lowest BCUT2D eigenvalue weighted by atomic mass is 10.2. The lowest BCUT2D eigenvalue weighted by molar-refractivity contribution is 0.0945. The minimum atomic E-state index is -0.213. The molecule has 1 aromatic heterocycles. The third-order valence-corrected chi connectivity index (χ3v) is 4.01. The smallest absolute Gasteiger partial charge is 0.271 e. The zero-order chi connectivity index (χ0) is 18.9. The first-order valence-corrected chi connectivity index (χ1v) is 8.92. The number of nitrogens with one attached hydrogen (secondary N) is 2. The van der Waals surface area contributed by atoms with E-state index in [1.165, 1.54) is 5.69 Å². The summed E-state index contributed by atoms with van der Waals surface area (Å²) >= 11 is 0. The van der Waals surface area contributed by atoms with Crippen LogP contribution in [0.25, 0.3) is 0 Å². The fraction of sp³-hybridized carbons (Fsp3) is 0.421. The van der Waals surface area contributed by atoms with Crippen molar-refractivity contribution in [2.24, 2.45) is 0 Å². The van der Waals surface area contributed by atoms with Gasteiger partial charge in [0.05, 0.1) is 0 Å². The van der Waals surface area contributed by atoms with Crippen LogP contribution in [0.4, 0.5) is 17.2 Å². The molecule has 0 fully saturated rings. The number of aromatic nitrogens is 2. The Morgan fingerprint density at radius 2 is 1.69 bits per heavy atom. The zero-order valence-corrected chi connectivity index (χ0v) is 16.0. The molecule has 0 radical (unpaired) electrons. The minimum absolute atomic E-state index is 0.213. The van der Waals surface area contributed by atoms with E-state index in [0.717, 1.165) is 25.3 Å². The summed E-state index contributed by atoms with van der Waals surface area (Å²) in [4.78, 5) is 16.3. The number of carbonyl (C=O) groups excluding carboxylic acids is 1. The van der Waals surface area contributed by atoms with Crippen molar-refractivity contribution >= 4 is 23.1 Å². The lowest BCUT2D eigenvalue weighted by Gasteiger charge is -2.21. The number of benzene rings is 1. The molecule has 140 valence electrons. The van der Waals surface area contributed by atoms with Crippen LogP contribution in [0.3, 0.4) is 0 Å². The van der Waals surface area contributed by atoms with Gasteiger partial charge in [-0.3, -0.25) is 4.79 Å². The summed E-state index contributed by atoms with van der Waals surface area (Å²) in [6.07, 6.45) is 0. The van der Waals surface area contributed by atoms with Gasteiger partial charge in [0.1, 0.15) is 0 Å². The highest BCUT2D eigenvalue weighted by atomic mass is 16.1. The molecular weight excluding hydrogens is 328 g/mol. The maximum Gasteiger partial charge on any atom is 0.271 e. The van der Waals surface area contributed by atoms with E-state index in [1.54, 1.807) is 12.1 Å². The third-order valence-electron chi connectivity index (χ3n) is 4.01. The second-order valence-electron chi connectivity index (χ2n) is 6.21. The first-order valence-electron chi connectivity index (χ1n) is 8.92. The molecule has 0 aliphatic carbocycles. The normalized spacial score (nSPS) is 10.7. The molecular formula is C19H28N6O. The van der Waals surface area contributed by atoms with E-state index in [9.17, 15) is 4.79 Å². The summed E-state index contributed by atoms with van der Waals surface area (Å²) < 4.78 is 0. The van der Waals surface area contributed by atoms with E-state index in [1.807, 2.05) is 31.1 Å². The van der Waals surface area contributed by atoms with Crippen LogP contribution in [0.1, 0.15) is 24.3 Å². The minimum Gasteiger partial charge on any atom is -0.372 e. The van der Waals surface area contributed by atoms with Gasteiger partial charge in [-0.1, -0.05) is 0 Å². The molecule has 0 saturated carbocycles. The van der Waals surface area contributed by atoms with Crippen LogP contribution in [-0.4, -0.2) is 61.3 Å². The summed E-state index contributed by atoms with van der Waals surface area (Å²) in [7, 11) is 3.92. The van der Waals surface area contributed by atoms with Crippen LogP contribution in [0.2, 0.25) is 0 Å². The number of likely N-dealkylation sites (N-methyl/N-ethyl adjacent to an activating group) is 1. The van der Waals surface area contributed by atoms with Crippen molar-refractivity contribution in [3.05, 3.63) is 42.1 Å². The number of hydrogen-bond donors (Lipinski definition) is 2. The van der Waals surface area contributed by atoms with Crippen LogP contribution in [0.15, 0.2) is 36.4 Å². The van der Waals surface area contributed by atoms with Gasteiger partial charge in [0.25, 0.3) is 5.91 Å². The average Bonchev–Trinajstić information content (AvgIpc) is 2.64. The number of nitrogens with zero attached hydrogens (tertiary/aromatic N) is 4. The summed E-state index contributed by atoms with van der Waals surface area (Å²) in [6, 6.07) is 11.6. The van der Waals surface area contributed by atoms with Crippen molar-refractivity contribution < 1.29 is 4.79 Å². The first-order chi connectivity index (χ1) is 12.5. The maximum absolute atomic E-state index is 12.0. The average molecular weight is 356 g/mol. The quantitative estimate of drug-likeness (QED) is 0.719. The Morgan fingerprint density at radius 1 is 1.00 bits per heavy atom. The lowest BCUT2D eigenvalue weighted by Crippen LogP contribution is -2.31.